The number of hydrogen-bond donors (Lipinski definition) is 2. The predicted molar refractivity (Wildman–Crippen MR) is 119 cm³/mol. The number of rotatable bonds is 9. The Bertz CT molecular complexity index is 953. The molecular formula is C23H29N5O2. The molecule has 0 saturated carbocycles. The van der Waals surface area contributed by atoms with Crippen LogP contribution in [0.5, 0.6) is 11.5 Å². The van der Waals surface area contributed by atoms with Crippen molar-refractivity contribution >= 4 is 5.96 Å². The molecule has 0 amide bonds. The predicted octanol–water partition coefficient (Wildman–Crippen LogP) is 3.20. The summed E-state index contributed by atoms with van der Waals surface area (Å²) in [5, 5.41) is 11.1. The first-order valence-corrected chi connectivity index (χ1v) is 10.00. The second-order valence-corrected chi connectivity index (χ2v) is 6.76. The van der Waals surface area contributed by atoms with Gasteiger partial charge in [0.15, 0.2) is 5.96 Å². The Hall–Kier alpha value is -3.48. The Morgan fingerprint density at radius 2 is 1.87 bits per heavy atom. The van der Waals surface area contributed by atoms with Gasteiger partial charge in [0.05, 0.1) is 33.5 Å². The van der Waals surface area contributed by atoms with Crippen LogP contribution < -0.4 is 20.1 Å². The fourth-order valence-electron chi connectivity index (χ4n) is 3.03. The van der Waals surface area contributed by atoms with Crippen molar-refractivity contribution in [2.75, 3.05) is 20.8 Å². The third kappa shape index (κ3) is 6.01. The number of guanidine groups is 1. The smallest absolute Gasteiger partial charge is 0.191 e. The van der Waals surface area contributed by atoms with Gasteiger partial charge in [0, 0.05) is 36.5 Å². The van der Waals surface area contributed by atoms with Crippen LogP contribution in [0.25, 0.3) is 0 Å². The van der Waals surface area contributed by atoms with Gasteiger partial charge in [-0.1, -0.05) is 30.3 Å². The molecule has 0 aliphatic heterocycles. The van der Waals surface area contributed by atoms with E-state index in [0.717, 1.165) is 41.7 Å². The zero-order valence-electron chi connectivity index (χ0n) is 17.8. The highest BCUT2D eigenvalue weighted by Gasteiger charge is 2.07. The topological polar surface area (TPSA) is 72.7 Å². The van der Waals surface area contributed by atoms with E-state index in [9.17, 15) is 0 Å². The molecule has 0 aliphatic carbocycles. The molecule has 0 fully saturated rings. The van der Waals surface area contributed by atoms with E-state index >= 15 is 0 Å². The van der Waals surface area contributed by atoms with Crippen molar-refractivity contribution in [1.82, 2.24) is 20.4 Å². The molecule has 30 heavy (non-hydrogen) atoms. The van der Waals surface area contributed by atoms with Crippen LogP contribution >= 0.6 is 0 Å². The lowest BCUT2D eigenvalue weighted by Gasteiger charge is -2.14. The van der Waals surface area contributed by atoms with Crippen molar-refractivity contribution in [3.05, 3.63) is 77.6 Å². The van der Waals surface area contributed by atoms with Crippen LogP contribution in [0.4, 0.5) is 0 Å². The minimum atomic E-state index is 0.546. The van der Waals surface area contributed by atoms with Crippen LogP contribution in [0, 0.1) is 0 Å². The number of nitrogens with one attached hydrogen (secondary N) is 2. The third-order valence-electron chi connectivity index (χ3n) is 4.58. The second-order valence-electron chi connectivity index (χ2n) is 6.76. The SMILES string of the molecule is CCNC(=NCc1cnn(Cc2ccccc2)c1)NCc1ccc(OC)cc1OC. The van der Waals surface area contributed by atoms with Gasteiger partial charge < -0.3 is 20.1 Å². The van der Waals surface area contributed by atoms with E-state index in [0.29, 0.717) is 13.1 Å². The molecule has 1 heterocycles. The van der Waals surface area contributed by atoms with Crippen molar-refractivity contribution in [3.8, 4) is 11.5 Å². The van der Waals surface area contributed by atoms with E-state index in [4.69, 9.17) is 9.47 Å². The van der Waals surface area contributed by atoms with E-state index in [2.05, 4.69) is 32.9 Å². The van der Waals surface area contributed by atoms with Crippen LogP contribution in [0.3, 0.4) is 0 Å². The number of aromatic nitrogens is 2. The van der Waals surface area contributed by atoms with Gasteiger partial charge in [-0.25, -0.2) is 4.99 Å². The van der Waals surface area contributed by atoms with Crippen LogP contribution in [0.15, 0.2) is 65.9 Å². The zero-order chi connectivity index (χ0) is 21.2. The standard InChI is InChI=1S/C23H29N5O2/c1-4-24-23(26-15-20-10-11-21(29-2)12-22(20)30-3)25-13-19-14-27-28(17-19)16-18-8-6-5-7-9-18/h5-12,14,17H,4,13,15-16H2,1-3H3,(H2,24,25,26). The van der Waals surface area contributed by atoms with Crippen molar-refractivity contribution in [1.29, 1.82) is 0 Å². The second kappa shape index (κ2) is 10.9. The molecule has 0 bridgehead atoms. The van der Waals surface area contributed by atoms with Crippen LogP contribution in [0.1, 0.15) is 23.6 Å². The maximum absolute atomic E-state index is 5.47. The summed E-state index contributed by atoms with van der Waals surface area (Å²) in [7, 11) is 3.30. The quantitative estimate of drug-likeness (QED) is 0.421. The zero-order valence-corrected chi connectivity index (χ0v) is 17.8. The third-order valence-corrected chi connectivity index (χ3v) is 4.58. The summed E-state index contributed by atoms with van der Waals surface area (Å²) in [5.41, 5.74) is 3.31. The van der Waals surface area contributed by atoms with Crippen LogP contribution in [-0.2, 0) is 19.6 Å². The van der Waals surface area contributed by atoms with Gasteiger partial charge >= 0.3 is 0 Å². The summed E-state index contributed by atoms with van der Waals surface area (Å²) in [5.74, 6) is 2.29. The molecule has 0 radical (unpaired) electrons. The molecule has 0 unspecified atom stereocenters. The summed E-state index contributed by atoms with van der Waals surface area (Å²) in [6.45, 7) is 4.71. The van der Waals surface area contributed by atoms with E-state index in [1.165, 1.54) is 5.56 Å². The number of hydrogen-bond acceptors (Lipinski definition) is 4. The lowest BCUT2D eigenvalue weighted by atomic mass is 10.2. The highest BCUT2D eigenvalue weighted by atomic mass is 16.5. The molecule has 0 atom stereocenters. The Morgan fingerprint density at radius 3 is 2.60 bits per heavy atom. The largest absolute Gasteiger partial charge is 0.497 e. The number of aliphatic imine (C=N–C) groups is 1. The summed E-state index contributed by atoms with van der Waals surface area (Å²) in [4.78, 5) is 4.68. The average molecular weight is 408 g/mol. The fraction of sp³-hybridized carbons (Fsp3) is 0.304. The van der Waals surface area contributed by atoms with E-state index in [1.807, 2.05) is 60.4 Å². The number of benzene rings is 2. The molecule has 3 rings (SSSR count). The molecule has 2 N–H and O–H groups in total. The van der Waals surface area contributed by atoms with E-state index in [1.54, 1.807) is 14.2 Å². The number of methoxy groups -OCH3 is 2. The average Bonchev–Trinajstić information content (AvgIpc) is 3.23. The van der Waals surface area contributed by atoms with Crippen LogP contribution in [0.2, 0.25) is 0 Å². The summed E-state index contributed by atoms with van der Waals surface area (Å²) >= 11 is 0. The van der Waals surface area contributed by atoms with E-state index in [-0.39, 0.29) is 0 Å². The van der Waals surface area contributed by atoms with Gasteiger partial charge in [0.25, 0.3) is 0 Å². The monoisotopic (exact) mass is 407 g/mol. The first-order valence-electron chi connectivity index (χ1n) is 10.00. The molecule has 1 aromatic heterocycles. The highest BCUT2D eigenvalue weighted by Crippen LogP contribution is 2.24. The van der Waals surface area contributed by atoms with Gasteiger partial charge in [0.1, 0.15) is 11.5 Å². The molecule has 0 spiro atoms. The van der Waals surface area contributed by atoms with Crippen LogP contribution in [-0.4, -0.2) is 36.5 Å². The molecule has 7 heteroatoms. The molecule has 7 nitrogen and oxygen atoms in total. The summed E-state index contributed by atoms with van der Waals surface area (Å²) in [6.07, 6.45) is 3.90. The molecule has 0 aliphatic rings. The Morgan fingerprint density at radius 1 is 1.03 bits per heavy atom. The van der Waals surface area contributed by atoms with Crippen molar-refractivity contribution in [3.63, 3.8) is 0 Å². The first-order chi connectivity index (χ1) is 14.7. The molecule has 2 aromatic carbocycles. The van der Waals surface area contributed by atoms with Crippen molar-refractivity contribution in [2.45, 2.75) is 26.6 Å². The molecular weight excluding hydrogens is 378 g/mol. The first kappa shape index (κ1) is 21.2. The lowest BCUT2D eigenvalue weighted by molar-refractivity contribution is 0.390. The highest BCUT2D eigenvalue weighted by molar-refractivity contribution is 5.79. The maximum Gasteiger partial charge on any atom is 0.191 e. The molecule has 3 aromatic rings. The Kier molecular flexibility index (Phi) is 7.71. The van der Waals surface area contributed by atoms with Gasteiger partial charge in [-0.2, -0.15) is 5.10 Å². The minimum Gasteiger partial charge on any atom is -0.497 e. The Labute approximate surface area is 177 Å². The fourth-order valence-corrected chi connectivity index (χ4v) is 3.03. The van der Waals surface area contributed by atoms with Crippen molar-refractivity contribution < 1.29 is 9.47 Å². The maximum atomic E-state index is 5.47. The molecule has 158 valence electrons. The normalized spacial score (nSPS) is 11.2. The van der Waals surface area contributed by atoms with Crippen molar-refractivity contribution in [2.24, 2.45) is 4.99 Å². The van der Waals surface area contributed by atoms with Gasteiger partial charge in [-0.05, 0) is 24.6 Å². The Balaban J connectivity index is 1.61. The summed E-state index contributed by atoms with van der Waals surface area (Å²) in [6, 6.07) is 16.1. The number of nitrogens with zero attached hydrogens (tertiary/aromatic N) is 3. The van der Waals surface area contributed by atoms with Gasteiger partial charge in [-0.15, -0.1) is 0 Å². The van der Waals surface area contributed by atoms with Gasteiger partial charge in [0.2, 0.25) is 0 Å². The minimum absolute atomic E-state index is 0.546. The lowest BCUT2D eigenvalue weighted by Crippen LogP contribution is -2.36. The summed E-state index contributed by atoms with van der Waals surface area (Å²) < 4.78 is 12.7. The van der Waals surface area contributed by atoms with E-state index < -0.39 is 0 Å². The molecule has 0 saturated heterocycles. The number of ether oxygens (including phenoxy) is 2. The van der Waals surface area contributed by atoms with Gasteiger partial charge in [-0.3, -0.25) is 4.68 Å².